The summed E-state index contributed by atoms with van der Waals surface area (Å²) in [6.45, 7) is 2.77. The zero-order valence-corrected chi connectivity index (χ0v) is 16.3. The Balaban J connectivity index is 1.53. The summed E-state index contributed by atoms with van der Waals surface area (Å²) in [6.07, 6.45) is 7.21. The molecule has 1 fully saturated rings. The first-order chi connectivity index (χ1) is 13.2. The smallest absolute Gasteiger partial charge is 0.311 e. The van der Waals surface area contributed by atoms with Crippen LogP contribution in [0.4, 0.5) is 5.13 Å². The number of benzene rings is 1. The summed E-state index contributed by atoms with van der Waals surface area (Å²) in [6, 6.07) is 8.09. The molecule has 144 valence electrons. The van der Waals surface area contributed by atoms with Gasteiger partial charge in [-0.2, -0.15) is 5.10 Å². The van der Waals surface area contributed by atoms with Gasteiger partial charge in [0.15, 0.2) is 0 Å². The van der Waals surface area contributed by atoms with Gasteiger partial charge in [-0.15, -0.1) is 11.3 Å². The van der Waals surface area contributed by atoms with E-state index in [-0.39, 0.29) is 12.4 Å². The van der Waals surface area contributed by atoms with Crippen LogP contribution in [0.15, 0.2) is 34.7 Å². The second-order valence-electron chi connectivity index (χ2n) is 6.41. The summed E-state index contributed by atoms with van der Waals surface area (Å²) in [4.78, 5) is 15.8. The number of nitrogens with one attached hydrogen (secondary N) is 1. The van der Waals surface area contributed by atoms with Crippen molar-refractivity contribution in [3.05, 3.63) is 46.5 Å². The molecule has 0 amide bonds. The minimum atomic E-state index is -0.269. The quantitative estimate of drug-likeness (QED) is 0.397. The molecule has 1 saturated carbocycles. The van der Waals surface area contributed by atoms with Gasteiger partial charge in [-0.05, 0) is 25.3 Å². The number of anilines is 1. The highest BCUT2D eigenvalue weighted by Gasteiger charge is 2.15. The van der Waals surface area contributed by atoms with Gasteiger partial charge >= 0.3 is 5.97 Å². The summed E-state index contributed by atoms with van der Waals surface area (Å²) in [7, 11) is 0. The van der Waals surface area contributed by atoms with Crippen LogP contribution in [-0.4, -0.2) is 29.9 Å². The van der Waals surface area contributed by atoms with Crippen LogP contribution in [0.5, 0.6) is 0 Å². The van der Waals surface area contributed by atoms with Crippen LogP contribution in [0.3, 0.4) is 0 Å². The first kappa shape index (κ1) is 19.5. The molecule has 1 aromatic carbocycles. The van der Waals surface area contributed by atoms with E-state index >= 15 is 0 Å². The van der Waals surface area contributed by atoms with E-state index in [9.17, 15) is 4.79 Å². The van der Waals surface area contributed by atoms with Gasteiger partial charge in [0, 0.05) is 10.9 Å². The van der Waals surface area contributed by atoms with Crippen LogP contribution in [-0.2, 0) is 27.3 Å². The topological polar surface area (TPSA) is 72.8 Å². The van der Waals surface area contributed by atoms with E-state index in [0.29, 0.717) is 30.1 Å². The molecule has 1 aliphatic carbocycles. The summed E-state index contributed by atoms with van der Waals surface area (Å²) in [5.41, 5.74) is 5.75. The number of aromatic nitrogens is 1. The van der Waals surface area contributed by atoms with E-state index in [0.717, 1.165) is 24.0 Å². The highest BCUT2D eigenvalue weighted by atomic mass is 32.1. The standard InChI is InChI=1S/C20H25N3O3S/c1-2-25-19(24)11-17-14-27-20(22-17)23-21-12-15-7-3-4-8-16(15)13-26-18-9-5-6-10-18/h3-4,7-8,12,14,18H,2,5-6,9-11,13H2,1H3,(H,22,23). The number of ether oxygens (including phenoxy) is 2. The lowest BCUT2D eigenvalue weighted by molar-refractivity contribution is -0.142. The van der Waals surface area contributed by atoms with Crippen LogP contribution < -0.4 is 5.43 Å². The predicted molar refractivity (Wildman–Crippen MR) is 107 cm³/mol. The Bertz CT molecular complexity index is 769. The van der Waals surface area contributed by atoms with Gasteiger partial charge < -0.3 is 9.47 Å². The van der Waals surface area contributed by atoms with Crippen molar-refractivity contribution in [2.24, 2.45) is 5.10 Å². The Labute approximate surface area is 163 Å². The molecule has 0 radical (unpaired) electrons. The second-order valence-corrected chi connectivity index (χ2v) is 7.27. The van der Waals surface area contributed by atoms with Gasteiger partial charge in [0.1, 0.15) is 0 Å². The fourth-order valence-electron chi connectivity index (χ4n) is 3.01. The molecule has 27 heavy (non-hydrogen) atoms. The number of esters is 1. The highest BCUT2D eigenvalue weighted by Crippen LogP contribution is 2.22. The lowest BCUT2D eigenvalue weighted by atomic mass is 10.1. The van der Waals surface area contributed by atoms with Crippen molar-refractivity contribution in [1.82, 2.24) is 4.98 Å². The lowest BCUT2D eigenvalue weighted by Gasteiger charge is -2.12. The van der Waals surface area contributed by atoms with Crippen molar-refractivity contribution in [3.63, 3.8) is 0 Å². The Kier molecular flexibility index (Phi) is 7.36. The maximum Gasteiger partial charge on any atom is 0.311 e. The monoisotopic (exact) mass is 387 g/mol. The number of hydrogen-bond donors (Lipinski definition) is 1. The van der Waals surface area contributed by atoms with Crippen molar-refractivity contribution >= 4 is 28.7 Å². The lowest BCUT2D eigenvalue weighted by Crippen LogP contribution is -2.08. The fraction of sp³-hybridized carbons (Fsp3) is 0.450. The number of hydrogen-bond acceptors (Lipinski definition) is 7. The van der Waals surface area contributed by atoms with Gasteiger partial charge in [-0.25, -0.2) is 4.98 Å². The molecular weight excluding hydrogens is 362 g/mol. The molecule has 0 unspecified atom stereocenters. The molecule has 0 bridgehead atoms. The summed E-state index contributed by atoms with van der Waals surface area (Å²) in [5.74, 6) is -0.269. The zero-order valence-electron chi connectivity index (χ0n) is 15.5. The Morgan fingerprint density at radius 1 is 1.37 bits per heavy atom. The van der Waals surface area contributed by atoms with E-state index in [1.807, 2.05) is 23.6 Å². The Morgan fingerprint density at radius 3 is 3.00 bits per heavy atom. The van der Waals surface area contributed by atoms with Crippen molar-refractivity contribution in [2.45, 2.75) is 51.7 Å². The first-order valence-corrected chi connectivity index (χ1v) is 10.2. The van der Waals surface area contributed by atoms with Crippen LogP contribution in [0.1, 0.15) is 49.4 Å². The summed E-state index contributed by atoms with van der Waals surface area (Å²) < 4.78 is 10.9. The van der Waals surface area contributed by atoms with E-state index in [1.54, 1.807) is 13.1 Å². The number of hydrazone groups is 1. The summed E-state index contributed by atoms with van der Waals surface area (Å²) >= 11 is 1.41. The third-order valence-corrected chi connectivity index (χ3v) is 5.17. The normalized spacial score (nSPS) is 14.7. The van der Waals surface area contributed by atoms with Crippen LogP contribution in [0, 0.1) is 0 Å². The number of thiazole rings is 1. The largest absolute Gasteiger partial charge is 0.466 e. The third-order valence-electron chi connectivity index (χ3n) is 4.38. The van der Waals surface area contributed by atoms with Gasteiger partial charge in [0.25, 0.3) is 0 Å². The van der Waals surface area contributed by atoms with Crippen LogP contribution in [0.2, 0.25) is 0 Å². The number of rotatable bonds is 9. The van der Waals surface area contributed by atoms with Crippen LogP contribution >= 0.6 is 11.3 Å². The first-order valence-electron chi connectivity index (χ1n) is 9.33. The van der Waals surface area contributed by atoms with Crippen molar-refractivity contribution in [1.29, 1.82) is 0 Å². The molecule has 6 nitrogen and oxygen atoms in total. The van der Waals surface area contributed by atoms with Gasteiger partial charge in [-0.1, -0.05) is 37.1 Å². The zero-order chi connectivity index (χ0) is 18.9. The Morgan fingerprint density at radius 2 is 2.19 bits per heavy atom. The number of carbonyl (C=O) groups excluding carboxylic acids is 1. The molecule has 2 aromatic rings. The fourth-order valence-corrected chi connectivity index (χ4v) is 3.67. The van der Waals surface area contributed by atoms with E-state index in [2.05, 4.69) is 21.6 Å². The molecule has 0 saturated heterocycles. The van der Waals surface area contributed by atoms with E-state index in [1.165, 1.54) is 24.2 Å². The molecule has 7 heteroatoms. The maximum atomic E-state index is 11.5. The average molecular weight is 388 g/mol. The van der Waals surface area contributed by atoms with Crippen molar-refractivity contribution < 1.29 is 14.3 Å². The van der Waals surface area contributed by atoms with E-state index < -0.39 is 0 Å². The van der Waals surface area contributed by atoms with Gasteiger partial charge in [0.05, 0.1) is 37.6 Å². The van der Waals surface area contributed by atoms with Gasteiger partial charge in [0.2, 0.25) is 5.13 Å². The minimum Gasteiger partial charge on any atom is -0.466 e. The Hall–Kier alpha value is -2.25. The number of carbonyl (C=O) groups is 1. The molecule has 0 aliphatic heterocycles. The molecule has 0 atom stereocenters. The SMILES string of the molecule is CCOC(=O)Cc1csc(NN=Cc2ccccc2COC2CCCC2)n1. The summed E-state index contributed by atoms with van der Waals surface area (Å²) in [5, 5.41) is 6.76. The third kappa shape index (κ3) is 6.15. The molecule has 0 spiro atoms. The minimum absolute atomic E-state index is 0.178. The molecule has 1 aromatic heterocycles. The molecule has 1 N–H and O–H groups in total. The molecular formula is C20H25N3O3S. The van der Waals surface area contributed by atoms with Crippen molar-refractivity contribution in [3.8, 4) is 0 Å². The van der Waals surface area contributed by atoms with Crippen LogP contribution in [0.25, 0.3) is 0 Å². The molecule has 1 heterocycles. The molecule has 3 rings (SSSR count). The number of nitrogens with zero attached hydrogens (tertiary/aromatic N) is 2. The molecule has 1 aliphatic rings. The predicted octanol–water partition coefficient (Wildman–Crippen LogP) is 4.15. The maximum absolute atomic E-state index is 11.5. The van der Waals surface area contributed by atoms with E-state index in [4.69, 9.17) is 9.47 Å². The average Bonchev–Trinajstić information content (AvgIpc) is 3.33. The van der Waals surface area contributed by atoms with Gasteiger partial charge in [-0.3, -0.25) is 10.2 Å². The second kappa shape index (κ2) is 10.2. The van der Waals surface area contributed by atoms with Crippen molar-refractivity contribution in [2.75, 3.05) is 12.0 Å². The highest BCUT2D eigenvalue weighted by molar-refractivity contribution is 7.13.